The number of aryl methyl sites for hydroxylation is 6. The van der Waals surface area contributed by atoms with Gasteiger partial charge in [-0.1, -0.05) is 230 Å². The second kappa shape index (κ2) is 32.5. The van der Waals surface area contributed by atoms with Gasteiger partial charge in [0.05, 0.1) is 0 Å². The van der Waals surface area contributed by atoms with Crippen molar-refractivity contribution in [2.75, 3.05) is 29.4 Å². The van der Waals surface area contributed by atoms with E-state index in [1.807, 2.05) is 0 Å². The van der Waals surface area contributed by atoms with E-state index in [0.717, 1.165) is 58.2 Å². The lowest BCUT2D eigenvalue weighted by Crippen LogP contribution is -2.67. The first-order chi connectivity index (χ1) is 62.0. The van der Waals surface area contributed by atoms with E-state index in [1.165, 1.54) is 186 Å². The van der Waals surface area contributed by atoms with Crippen molar-refractivity contribution in [1.29, 1.82) is 0 Å². The van der Waals surface area contributed by atoms with Gasteiger partial charge in [-0.25, -0.2) is 0 Å². The predicted octanol–water partition coefficient (Wildman–Crippen LogP) is 32.3. The molecule has 0 N–H and O–H groups in total. The minimum atomic E-state index is 0.179. The minimum absolute atomic E-state index is 0.179. The Balaban J connectivity index is 0.0000000983. The zero-order chi connectivity index (χ0) is 91.2. The lowest BCUT2D eigenvalue weighted by Gasteiger charge is -2.66. The van der Waals surface area contributed by atoms with Crippen molar-refractivity contribution < 1.29 is 0 Å². The zero-order valence-corrected chi connectivity index (χ0v) is 84.3. The number of anilines is 9. The van der Waals surface area contributed by atoms with Gasteiger partial charge in [0.25, 0.3) is 0 Å². The molecular formula is C124H162N6. The maximum atomic E-state index is 2.84. The molecule has 6 bridgehead atoms. The second-order valence-electron chi connectivity index (χ2n) is 49.3. The molecule has 9 aromatic rings. The van der Waals surface area contributed by atoms with Crippen LogP contribution < -0.4 is 29.4 Å². The van der Waals surface area contributed by atoms with Gasteiger partial charge >= 0.3 is 0 Å². The molecule has 3 saturated heterocycles. The van der Waals surface area contributed by atoms with Crippen LogP contribution in [0.1, 0.15) is 309 Å². The maximum absolute atomic E-state index is 2.84. The smallest absolute Gasteiger partial charge is 0.0452 e. The normalized spacial score (nSPS) is 33.8. The van der Waals surface area contributed by atoms with Gasteiger partial charge in [-0.15, -0.1) is 0 Å². The van der Waals surface area contributed by atoms with Gasteiger partial charge in [-0.05, 0) is 413 Å². The molecule has 0 radical (unpaired) electrons. The summed E-state index contributed by atoms with van der Waals surface area (Å²) in [5.74, 6) is 8.15. The van der Waals surface area contributed by atoms with Gasteiger partial charge in [0.15, 0.2) is 0 Å². The highest BCUT2D eigenvalue weighted by Gasteiger charge is 2.83. The van der Waals surface area contributed by atoms with Gasteiger partial charge in [0, 0.05) is 120 Å². The predicted molar refractivity (Wildman–Crippen MR) is 553 cm³/mol. The van der Waals surface area contributed by atoms with Crippen LogP contribution in [0.4, 0.5) is 51.2 Å². The highest BCUT2D eigenvalue weighted by Crippen LogP contribution is 2.87. The van der Waals surface area contributed by atoms with Crippen LogP contribution in [0.3, 0.4) is 0 Å². The molecule has 13 fully saturated rings. The first kappa shape index (κ1) is 89.6. The van der Waals surface area contributed by atoms with Crippen LogP contribution in [0.2, 0.25) is 0 Å². The van der Waals surface area contributed by atoms with Crippen molar-refractivity contribution in [3.63, 3.8) is 0 Å². The molecule has 10 saturated carbocycles. The lowest BCUT2D eigenvalue weighted by atomic mass is 9.38. The van der Waals surface area contributed by atoms with E-state index >= 15 is 0 Å². The van der Waals surface area contributed by atoms with Crippen LogP contribution in [-0.4, -0.2) is 52.9 Å². The van der Waals surface area contributed by atoms with Gasteiger partial charge in [0.2, 0.25) is 0 Å². The summed E-state index contributed by atoms with van der Waals surface area (Å²) in [6.07, 6.45) is 33.6. The van der Waals surface area contributed by atoms with E-state index < -0.39 is 0 Å². The highest BCUT2D eigenvalue weighted by molar-refractivity contribution is 5.80. The Bertz CT molecular complexity index is 5610. The molecule has 0 amide bonds. The fraction of sp³-hybridized carbons (Fsp3) is 0.565. The maximum Gasteiger partial charge on any atom is 0.0452 e. The molecule has 14 atom stereocenters. The van der Waals surface area contributed by atoms with E-state index in [2.05, 4.69) is 400 Å². The van der Waals surface area contributed by atoms with Crippen molar-refractivity contribution in [1.82, 2.24) is 0 Å². The van der Waals surface area contributed by atoms with E-state index in [0.29, 0.717) is 63.3 Å². The van der Waals surface area contributed by atoms with E-state index in [9.17, 15) is 0 Å². The Labute approximate surface area is 787 Å². The number of benzene rings is 9. The Morgan fingerprint density at radius 1 is 0.254 bits per heavy atom. The van der Waals surface area contributed by atoms with Crippen LogP contribution in [0.25, 0.3) is 0 Å². The van der Waals surface area contributed by atoms with E-state index in [1.54, 1.807) is 62.5 Å². The third-order valence-corrected chi connectivity index (χ3v) is 40.6. The number of para-hydroxylation sites is 9. The average molecular weight is 1740 g/mol. The summed E-state index contributed by atoms with van der Waals surface area (Å²) in [7, 11) is 0. The Morgan fingerprint density at radius 2 is 0.562 bits per heavy atom. The van der Waals surface area contributed by atoms with Crippen molar-refractivity contribution >= 4 is 51.2 Å². The lowest BCUT2D eigenvalue weighted by molar-refractivity contribution is -0.169. The summed E-state index contributed by atoms with van der Waals surface area (Å²) in [6.45, 7) is 52.3. The molecule has 0 aromatic heterocycles. The largest absolute Gasteiger partial charge is 0.363 e. The topological polar surface area (TPSA) is 19.4 Å². The number of nitrogens with zero attached hydrogens (tertiary/aromatic N) is 6. The van der Waals surface area contributed by atoms with Crippen LogP contribution in [0.5, 0.6) is 0 Å². The molecule has 9 aromatic carbocycles. The molecule has 10 aliphatic carbocycles. The fourth-order valence-electron chi connectivity index (χ4n) is 35.8. The van der Waals surface area contributed by atoms with E-state index in [-0.39, 0.29) is 22.0 Å². The second-order valence-corrected chi connectivity index (χ2v) is 49.3. The van der Waals surface area contributed by atoms with Crippen molar-refractivity contribution in [2.45, 2.75) is 369 Å². The Morgan fingerprint density at radius 3 is 0.977 bits per heavy atom. The molecule has 6 spiro atoms. The summed E-state index contributed by atoms with van der Waals surface area (Å²) < 4.78 is 0. The van der Waals surface area contributed by atoms with Crippen molar-refractivity contribution in [3.8, 4) is 0 Å². The Hall–Kier alpha value is -8.22. The van der Waals surface area contributed by atoms with Crippen LogP contribution in [0, 0.1) is 116 Å². The highest BCUT2D eigenvalue weighted by atomic mass is 15.3. The third-order valence-electron chi connectivity index (χ3n) is 40.6. The third kappa shape index (κ3) is 13.6. The van der Waals surface area contributed by atoms with Gasteiger partial charge in [-0.2, -0.15) is 0 Å². The molecule has 16 aliphatic rings. The Kier molecular flexibility index (Phi) is 22.4. The summed E-state index contributed by atoms with van der Waals surface area (Å²) in [4.78, 5) is 16.0. The molecule has 6 nitrogen and oxygen atoms in total. The molecule has 6 heteroatoms. The summed E-state index contributed by atoms with van der Waals surface area (Å²) in [5.41, 5.74) is 30.7. The number of hydrogen-bond acceptors (Lipinski definition) is 6. The van der Waals surface area contributed by atoms with Crippen molar-refractivity contribution in [3.05, 3.63) is 268 Å². The first-order valence-corrected chi connectivity index (χ1v) is 52.4. The van der Waals surface area contributed by atoms with Gasteiger partial charge in [0.1, 0.15) is 0 Å². The SMILES string of the molecule is Cc1ccccc1N1C(C)C(C)(C)CC1(C)C.Cc1ccccc1N1C(C)C2(CC1(C)C)C1CC3CC4CC2C1(C3)C4.Cc1ccccc1N1C(C)C2(CCCCC2)CC1(C)C.Cc1ccccc1N1c2ccccc2C(C)(C)C1C.Cc1ccccc1N1c2ccccc2C2(C1C)C1CC3CC4CC2C1(C3)C4.Cc1ccccc1N1c2ccccc2C2(CCCCC2)C1C. The quantitative estimate of drug-likeness (QED) is 0.164. The molecule has 6 aliphatic heterocycles. The fourth-order valence-corrected chi connectivity index (χ4v) is 35.8. The molecule has 25 rings (SSSR count). The van der Waals surface area contributed by atoms with Crippen LogP contribution in [-0.2, 0) is 16.2 Å². The number of fused-ring (bicyclic) bond motifs is 13. The molecular weight excluding hydrogens is 1570 g/mol. The number of hydrogen-bond donors (Lipinski definition) is 0. The summed E-state index contributed by atoms with van der Waals surface area (Å²) in [6, 6.07) is 84.2. The molecule has 6 heterocycles. The number of rotatable bonds is 6. The molecule has 14 unspecified atom stereocenters. The first-order valence-electron chi connectivity index (χ1n) is 52.4. The monoisotopic (exact) mass is 1740 g/mol. The summed E-state index contributed by atoms with van der Waals surface area (Å²) in [5, 5.41) is 0. The van der Waals surface area contributed by atoms with Crippen LogP contribution in [0.15, 0.2) is 218 Å². The standard InChI is InChI=1S/C26H29N.C24H33N.C21H25N.C19H29N.C18H21N.C16H25N/c1-16-7-3-5-9-21(16)27-17(2)26(20-8-4-6-10-22(20)27)23-12-18-11-19-13-24(26)25(23,14-18)15-19;1-15-7-5-6-8-19(15)25-16(2)24(14-22(25,3)4)20-10-17-9-18-11-21(24)23(20,12-17)13-18;1-16-10-4-6-12-19(16)22-17(2)21(14-8-3-9-15-21)18-11-5-7-13-20(18)22;1-15-10-6-7-11-17(15)20-16(2)19(14-18(20,3)4)12-8-5-9-13-19;1-13-9-5-7-11-16(13)19-14(2)18(3,4)15-10-6-8-12-17(15)19;1-12-9-7-8-10-14(12)17-13(2)15(3,4)11-16(17,5)6/h3-10,17-19,23-24H,11-15H2,1-2H3;5-8,16-18,20-21H,9-14H2,1-4H3;4-7,10-13,17H,3,8-9,14-15H2,1-2H3;6-7,10-11,16H,5,8-9,12-14H2,1-4H3;5-12,14H,1-4H3;7-10,13H,11H2,1-6H3. The zero-order valence-electron chi connectivity index (χ0n) is 84.3. The molecule has 130 heavy (non-hydrogen) atoms. The van der Waals surface area contributed by atoms with E-state index in [4.69, 9.17) is 0 Å². The average Bonchev–Trinajstić information content (AvgIpc) is 1.47. The van der Waals surface area contributed by atoms with Crippen LogP contribution >= 0.6 is 0 Å². The van der Waals surface area contributed by atoms with Gasteiger partial charge < -0.3 is 29.4 Å². The minimum Gasteiger partial charge on any atom is -0.363 e. The molecule has 688 valence electrons. The van der Waals surface area contributed by atoms with Crippen molar-refractivity contribution in [2.24, 2.45) is 74.4 Å². The summed E-state index contributed by atoms with van der Waals surface area (Å²) >= 11 is 0. The van der Waals surface area contributed by atoms with Gasteiger partial charge in [-0.3, -0.25) is 0 Å².